The van der Waals surface area contributed by atoms with Crippen LogP contribution in [0.2, 0.25) is 0 Å². The van der Waals surface area contributed by atoms with Crippen LogP contribution in [0.5, 0.6) is 0 Å². The summed E-state index contributed by atoms with van der Waals surface area (Å²) in [5, 5.41) is 11.2. The third kappa shape index (κ3) is 4.16. The standard InChI is InChI=1S/C26H28N4O3/c1-16-5-7-29(17(2)9-16)15-20-11-19-4-3-18(10-24(19)28-20)14-30-8-6-21-22(25(30)31)12-27-13-23(21)26(32)33/h3-4,6,8,10-13,16-17,28H,5,7,9,14-15H2,1-2H3,(H,32,33). The monoisotopic (exact) mass is 444 g/mol. The Hall–Kier alpha value is -3.45. The molecule has 3 aromatic heterocycles. The van der Waals surface area contributed by atoms with E-state index in [0.29, 0.717) is 23.4 Å². The fourth-order valence-corrected chi connectivity index (χ4v) is 5.03. The lowest BCUT2D eigenvalue weighted by molar-refractivity contribution is 0.0698. The number of nitrogens with one attached hydrogen (secondary N) is 1. The third-order valence-electron chi connectivity index (χ3n) is 6.88. The Bertz CT molecular complexity index is 1400. The molecule has 1 aliphatic rings. The molecule has 0 radical (unpaired) electrons. The van der Waals surface area contributed by atoms with Gasteiger partial charge in [-0.3, -0.25) is 14.7 Å². The smallest absolute Gasteiger partial charge is 0.337 e. The molecule has 4 heterocycles. The van der Waals surface area contributed by atoms with Crippen LogP contribution >= 0.6 is 0 Å². The van der Waals surface area contributed by atoms with Crippen molar-refractivity contribution in [3.05, 3.63) is 76.1 Å². The van der Waals surface area contributed by atoms with Crippen LogP contribution < -0.4 is 5.56 Å². The maximum Gasteiger partial charge on any atom is 0.337 e. The lowest BCUT2D eigenvalue weighted by Gasteiger charge is -2.36. The summed E-state index contributed by atoms with van der Waals surface area (Å²) in [7, 11) is 0. The molecule has 7 heteroatoms. The molecule has 2 atom stereocenters. The Morgan fingerprint density at radius 1 is 1.15 bits per heavy atom. The van der Waals surface area contributed by atoms with E-state index < -0.39 is 5.97 Å². The van der Waals surface area contributed by atoms with Crippen molar-refractivity contribution in [1.82, 2.24) is 19.4 Å². The Labute approximate surface area is 191 Å². The molecule has 0 saturated carbocycles. The van der Waals surface area contributed by atoms with Gasteiger partial charge >= 0.3 is 5.97 Å². The quantitative estimate of drug-likeness (QED) is 0.480. The normalized spacial score (nSPS) is 19.3. The van der Waals surface area contributed by atoms with Crippen molar-refractivity contribution in [1.29, 1.82) is 0 Å². The SMILES string of the molecule is CC1CCN(Cc2cc3ccc(Cn4ccc5c(C(=O)O)cncc5c4=O)cc3[nH]2)C(C)C1. The van der Waals surface area contributed by atoms with Crippen molar-refractivity contribution in [3.8, 4) is 0 Å². The number of hydrogen-bond acceptors (Lipinski definition) is 4. The molecule has 170 valence electrons. The molecule has 0 aliphatic carbocycles. The van der Waals surface area contributed by atoms with Gasteiger partial charge in [0.2, 0.25) is 0 Å². The van der Waals surface area contributed by atoms with Gasteiger partial charge < -0.3 is 14.7 Å². The van der Waals surface area contributed by atoms with Crippen molar-refractivity contribution in [2.24, 2.45) is 5.92 Å². The molecule has 1 saturated heterocycles. The number of pyridine rings is 2. The number of hydrogen-bond donors (Lipinski definition) is 2. The second-order valence-electron chi connectivity index (χ2n) is 9.37. The largest absolute Gasteiger partial charge is 0.478 e. The number of likely N-dealkylation sites (tertiary alicyclic amines) is 1. The van der Waals surface area contributed by atoms with Crippen molar-refractivity contribution in [2.75, 3.05) is 6.54 Å². The van der Waals surface area contributed by atoms with E-state index in [0.717, 1.165) is 35.5 Å². The maximum atomic E-state index is 13.0. The highest BCUT2D eigenvalue weighted by Gasteiger charge is 2.23. The number of carbonyl (C=O) groups is 1. The number of aromatic nitrogens is 3. The summed E-state index contributed by atoms with van der Waals surface area (Å²) in [6, 6.07) is 10.7. The van der Waals surface area contributed by atoms with Gasteiger partial charge in [-0.2, -0.15) is 0 Å². The highest BCUT2D eigenvalue weighted by molar-refractivity contribution is 6.02. The lowest BCUT2D eigenvalue weighted by atomic mass is 9.93. The van der Waals surface area contributed by atoms with E-state index in [1.54, 1.807) is 16.8 Å². The van der Waals surface area contributed by atoms with Gasteiger partial charge in [0.25, 0.3) is 5.56 Å². The minimum Gasteiger partial charge on any atom is -0.478 e. The summed E-state index contributed by atoms with van der Waals surface area (Å²) >= 11 is 0. The summed E-state index contributed by atoms with van der Waals surface area (Å²) in [4.78, 5) is 34.4. The third-order valence-corrected chi connectivity index (χ3v) is 6.88. The van der Waals surface area contributed by atoms with E-state index in [-0.39, 0.29) is 11.1 Å². The fraction of sp³-hybridized carbons (Fsp3) is 0.346. The predicted octanol–water partition coefficient (Wildman–Crippen LogP) is 4.24. The minimum absolute atomic E-state index is 0.0366. The Morgan fingerprint density at radius 3 is 2.79 bits per heavy atom. The highest BCUT2D eigenvalue weighted by atomic mass is 16.4. The van der Waals surface area contributed by atoms with Crippen molar-refractivity contribution >= 4 is 27.6 Å². The summed E-state index contributed by atoms with van der Waals surface area (Å²) < 4.78 is 1.59. The first-order valence-electron chi connectivity index (χ1n) is 11.4. The Morgan fingerprint density at radius 2 is 2.00 bits per heavy atom. The summed E-state index contributed by atoms with van der Waals surface area (Å²) in [6.07, 6.45) is 6.85. The molecule has 5 rings (SSSR count). The van der Waals surface area contributed by atoms with Crippen LogP contribution in [0.15, 0.2) is 53.7 Å². The molecule has 1 aliphatic heterocycles. The van der Waals surface area contributed by atoms with E-state index in [4.69, 9.17) is 0 Å². The van der Waals surface area contributed by atoms with Crippen LogP contribution in [0.4, 0.5) is 0 Å². The summed E-state index contributed by atoms with van der Waals surface area (Å²) in [6.45, 7) is 7.10. The molecule has 0 amide bonds. The van der Waals surface area contributed by atoms with Crippen LogP contribution in [-0.4, -0.2) is 43.1 Å². The van der Waals surface area contributed by atoms with Gasteiger partial charge in [-0.1, -0.05) is 19.1 Å². The number of carboxylic acid groups (broad SMARTS) is 1. The molecule has 2 unspecified atom stereocenters. The van der Waals surface area contributed by atoms with Crippen molar-refractivity contribution < 1.29 is 9.90 Å². The molecule has 33 heavy (non-hydrogen) atoms. The molecular formula is C26H28N4O3. The number of benzene rings is 1. The maximum absolute atomic E-state index is 13.0. The van der Waals surface area contributed by atoms with Crippen LogP contribution in [0.3, 0.4) is 0 Å². The predicted molar refractivity (Wildman–Crippen MR) is 129 cm³/mol. The van der Waals surface area contributed by atoms with Gasteiger partial charge in [0.15, 0.2) is 0 Å². The fourth-order valence-electron chi connectivity index (χ4n) is 5.03. The second kappa shape index (κ2) is 8.48. The average Bonchev–Trinajstić information content (AvgIpc) is 3.19. The van der Waals surface area contributed by atoms with Gasteiger partial charge in [-0.05, 0) is 61.4 Å². The van der Waals surface area contributed by atoms with E-state index in [1.165, 1.54) is 30.9 Å². The van der Waals surface area contributed by atoms with Crippen LogP contribution in [0.1, 0.15) is 48.3 Å². The van der Waals surface area contributed by atoms with Crippen LogP contribution in [0, 0.1) is 5.92 Å². The summed E-state index contributed by atoms with van der Waals surface area (Å²) in [5.74, 6) is -0.293. The first kappa shape index (κ1) is 21.4. The van der Waals surface area contributed by atoms with Gasteiger partial charge in [0.1, 0.15) is 0 Å². The number of aromatic carboxylic acids is 1. The zero-order chi connectivity index (χ0) is 23.1. The highest BCUT2D eigenvalue weighted by Crippen LogP contribution is 2.25. The second-order valence-corrected chi connectivity index (χ2v) is 9.37. The van der Waals surface area contributed by atoms with Gasteiger partial charge in [0, 0.05) is 47.8 Å². The zero-order valence-corrected chi connectivity index (χ0v) is 18.9. The van der Waals surface area contributed by atoms with E-state index in [1.807, 2.05) is 6.07 Å². The molecule has 7 nitrogen and oxygen atoms in total. The van der Waals surface area contributed by atoms with Gasteiger partial charge in [-0.25, -0.2) is 4.79 Å². The minimum atomic E-state index is -1.09. The first-order chi connectivity index (χ1) is 15.9. The molecule has 0 spiro atoms. The van der Waals surface area contributed by atoms with Gasteiger partial charge in [0.05, 0.1) is 17.5 Å². The number of H-pyrrole nitrogens is 1. The number of nitrogens with zero attached hydrogens (tertiary/aromatic N) is 3. The number of fused-ring (bicyclic) bond motifs is 2. The van der Waals surface area contributed by atoms with Crippen molar-refractivity contribution in [3.63, 3.8) is 0 Å². The molecule has 4 aromatic rings. The van der Waals surface area contributed by atoms with Gasteiger partial charge in [-0.15, -0.1) is 0 Å². The van der Waals surface area contributed by atoms with Crippen LogP contribution in [-0.2, 0) is 13.1 Å². The number of aromatic amines is 1. The number of piperidine rings is 1. The molecule has 0 bridgehead atoms. The van der Waals surface area contributed by atoms with Crippen molar-refractivity contribution in [2.45, 2.75) is 45.8 Å². The molecule has 1 fully saturated rings. The van der Waals surface area contributed by atoms with E-state index in [9.17, 15) is 14.7 Å². The number of carboxylic acids is 1. The summed E-state index contributed by atoms with van der Waals surface area (Å²) in [5.41, 5.74) is 3.06. The van der Waals surface area contributed by atoms with E-state index in [2.05, 4.69) is 46.9 Å². The Kier molecular flexibility index (Phi) is 5.50. The molecule has 2 N–H and O–H groups in total. The zero-order valence-electron chi connectivity index (χ0n) is 18.9. The molecule has 1 aromatic carbocycles. The molecular weight excluding hydrogens is 416 g/mol. The lowest BCUT2D eigenvalue weighted by Crippen LogP contribution is -2.39. The number of rotatable bonds is 5. The Balaban J connectivity index is 1.40. The average molecular weight is 445 g/mol. The first-order valence-corrected chi connectivity index (χ1v) is 11.4. The van der Waals surface area contributed by atoms with E-state index >= 15 is 0 Å². The topological polar surface area (TPSA) is 91.2 Å². The van der Waals surface area contributed by atoms with Crippen LogP contribution in [0.25, 0.3) is 21.7 Å².